The van der Waals surface area contributed by atoms with E-state index < -0.39 is 5.41 Å². The number of hydrogen-bond donors (Lipinski definition) is 2. The standard InChI is InChI=1S/C13H16N4OS/c1-13(2,12(14)19)8-15-11(18)9-7-16-17-6-4-3-5-10(9)17/h3-7H,8H2,1-2H3,(H2,14,19)(H,15,18). The van der Waals surface area contributed by atoms with Crippen LogP contribution in [0.3, 0.4) is 0 Å². The molecule has 0 spiro atoms. The molecule has 2 aromatic heterocycles. The van der Waals surface area contributed by atoms with Gasteiger partial charge in [-0.15, -0.1) is 0 Å². The van der Waals surface area contributed by atoms with Crippen molar-refractivity contribution in [3.05, 3.63) is 36.2 Å². The van der Waals surface area contributed by atoms with Crippen molar-refractivity contribution in [3.63, 3.8) is 0 Å². The maximum absolute atomic E-state index is 12.1. The van der Waals surface area contributed by atoms with Crippen LogP contribution < -0.4 is 11.1 Å². The molecule has 6 heteroatoms. The van der Waals surface area contributed by atoms with E-state index in [1.165, 1.54) is 0 Å². The zero-order chi connectivity index (χ0) is 14.0. The third-order valence-electron chi connectivity index (χ3n) is 3.03. The summed E-state index contributed by atoms with van der Waals surface area (Å²) in [4.78, 5) is 12.5. The number of fused-ring (bicyclic) bond motifs is 1. The first-order valence-electron chi connectivity index (χ1n) is 5.92. The average molecular weight is 276 g/mol. The predicted molar refractivity (Wildman–Crippen MR) is 78.1 cm³/mol. The molecule has 0 radical (unpaired) electrons. The van der Waals surface area contributed by atoms with Gasteiger partial charge in [0, 0.05) is 18.2 Å². The van der Waals surface area contributed by atoms with Crippen LogP contribution in [0.5, 0.6) is 0 Å². The molecule has 2 rings (SSSR count). The third-order valence-corrected chi connectivity index (χ3v) is 3.58. The average Bonchev–Trinajstić information content (AvgIpc) is 2.79. The summed E-state index contributed by atoms with van der Waals surface area (Å²) >= 11 is 4.97. The van der Waals surface area contributed by atoms with Crippen molar-refractivity contribution in [3.8, 4) is 0 Å². The largest absolute Gasteiger partial charge is 0.393 e. The molecule has 19 heavy (non-hydrogen) atoms. The molecule has 0 aliphatic heterocycles. The highest BCUT2D eigenvalue weighted by molar-refractivity contribution is 7.80. The highest BCUT2D eigenvalue weighted by atomic mass is 32.1. The molecular weight excluding hydrogens is 260 g/mol. The molecule has 0 aromatic carbocycles. The van der Waals surface area contributed by atoms with Crippen molar-refractivity contribution in [2.75, 3.05) is 6.54 Å². The number of nitrogens with one attached hydrogen (secondary N) is 1. The molecule has 0 saturated carbocycles. The number of nitrogens with zero attached hydrogens (tertiary/aromatic N) is 2. The number of aromatic nitrogens is 2. The Hall–Kier alpha value is -1.95. The molecule has 2 heterocycles. The Kier molecular flexibility index (Phi) is 3.53. The normalized spacial score (nSPS) is 11.5. The lowest BCUT2D eigenvalue weighted by molar-refractivity contribution is 0.0946. The van der Waals surface area contributed by atoms with Crippen LogP contribution in [-0.4, -0.2) is 27.1 Å². The summed E-state index contributed by atoms with van der Waals surface area (Å²) in [6.45, 7) is 4.18. The Morgan fingerprint density at radius 1 is 1.53 bits per heavy atom. The summed E-state index contributed by atoms with van der Waals surface area (Å²) in [5.41, 5.74) is 6.53. The molecule has 0 aliphatic carbocycles. The number of carbonyl (C=O) groups excluding carboxylic acids is 1. The smallest absolute Gasteiger partial charge is 0.255 e. The number of hydrogen-bond acceptors (Lipinski definition) is 3. The number of thiocarbonyl (C=S) groups is 1. The second-order valence-corrected chi connectivity index (χ2v) is 5.46. The Balaban J connectivity index is 2.15. The summed E-state index contributed by atoms with van der Waals surface area (Å²) < 4.78 is 1.66. The lowest BCUT2D eigenvalue weighted by Gasteiger charge is -2.23. The Morgan fingerprint density at radius 3 is 2.95 bits per heavy atom. The Morgan fingerprint density at radius 2 is 2.26 bits per heavy atom. The molecule has 0 bridgehead atoms. The van der Waals surface area contributed by atoms with Crippen molar-refractivity contribution in [1.82, 2.24) is 14.9 Å². The van der Waals surface area contributed by atoms with Gasteiger partial charge >= 0.3 is 0 Å². The summed E-state index contributed by atoms with van der Waals surface area (Å²) in [5, 5.41) is 6.96. The van der Waals surface area contributed by atoms with Crippen molar-refractivity contribution in [2.45, 2.75) is 13.8 Å². The second-order valence-electron chi connectivity index (χ2n) is 5.02. The van der Waals surface area contributed by atoms with Crippen LogP contribution in [-0.2, 0) is 0 Å². The van der Waals surface area contributed by atoms with E-state index in [1.54, 1.807) is 16.9 Å². The van der Waals surface area contributed by atoms with Crippen LogP contribution in [0.4, 0.5) is 0 Å². The van der Waals surface area contributed by atoms with Crippen molar-refractivity contribution >= 4 is 28.6 Å². The van der Waals surface area contributed by atoms with Crippen molar-refractivity contribution < 1.29 is 4.79 Å². The van der Waals surface area contributed by atoms with Crippen LogP contribution in [0, 0.1) is 5.41 Å². The molecule has 100 valence electrons. The van der Waals surface area contributed by atoms with Crippen molar-refractivity contribution in [1.29, 1.82) is 0 Å². The van der Waals surface area contributed by atoms with Crippen LogP contribution >= 0.6 is 12.2 Å². The molecule has 0 saturated heterocycles. The van der Waals surface area contributed by atoms with Gasteiger partial charge in [0.1, 0.15) is 0 Å². The first kappa shape index (κ1) is 13.5. The maximum atomic E-state index is 12.1. The minimum absolute atomic E-state index is 0.175. The first-order chi connectivity index (χ1) is 8.92. The van der Waals surface area contributed by atoms with Gasteiger partial charge in [-0.25, -0.2) is 4.52 Å². The fourth-order valence-corrected chi connectivity index (χ4v) is 1.67. The van der Waals surface area contributed by atoms with E-state index in [1.807, 2.05) is 32.0 Å². The van der Waals surface area contributed by atoms with Gasteiger partial charge < -0.3 is 11.1 Å². The van der Waals surface area contributed by atoms with E-state index in [-0.39, 0.29) is 5.91 Å². The quantitative estimate of drug-likeness (QED) is 0.827. The number of rotatable bonds is 4. The zero-order valence-electron chi connectivity index (χ0n) is 10.9. The fraction of sp³-hybridized carbons (Fsp3) is 0.308. The van der Waals surface area contributed by atoms with Gasteiger partial charge in [0.25, 0.3) is 5.91 Å². The van der Waals surface area contributed by atoms with Crippen molar-refractivity contribution in [2.24, 2.45) is 11.1 Å². The van der Waals surface area contributed by atoms with Crippen LogP contribution in [0.25, 0.3) is 5.52 Å². The van der Waals surface area contributed by atoms with Gasteiger partial charge in [0.15, 0.2) is 0 Å². The SMILES string of the molecule is CC(C)(CNC(=O)c1cnn2ccccc12)C(N)=S. The van der Waals surface area contributed by atoms with Gasteiger partial charge in [-0.1, -0.05) is 32.1 Å². The minimum Gasteiger partial charge on any atom is -0.393 e. The van der Waals surface area contributed by atoms with Crippen LogP contribution in [0.1, 0.15) is 24.2 Å². The van der Waals surface area contributed by atoms with E-state index in [0.29, 0.717) is 17.1 Å². The zero-order valence-corrected chi connectivity index (χ0v) is 11.7. The maximum Gasteiger partial charge on any atom is 0.255 e. The van der Waals surface area contributed by atoms with E-state index >= 15 is 0 Å². The second kappa shape index (κ2) is 4.97. The molecule has 0 aliphatic rings. The van der Waals surface area contributed by atoms with E-state index in [0.717, 1.165) is 5.52 Å². The van der Waals surface area contributed by atoms with E-state index in [4.69, 9.17) is 18.0 Å². The number of amides is 1. The molecule has 1 amide bonds. The molecule has 3 N–H and O–H groups in total. The molecule has 0 atom stereocenters. The van der Waals surface area contributed by atoms with E-state index in [9.17, 15) is 4.79 Å². The summed E-state index contributed by atoms with van der Waals surface area (Å²) in [7, 11) is 0. The number of pyridine rings is 1. The van der Waals surface area contributed by atoms with E-state index in [2.05, 4.69) is 10.4 Å². The highest BCUT2D eigenvalue weighted by Crippen LogP contribution is 2.15. The lowest BCUT2D eigenvalue weighted by Crippen LogP contribution is -2.41. The van der Waals surface area contributed by atoms with Gasteiger partial charge in [-0.3, -0.25) is 4.79 Å². The van der Waals surface area contributed by atoms with Gasteiger partial charge in [0.05, 0.1) is 22.3 Å². The molecule has 2 aromatic rings. The lowest BCUT2D eigenvalue weighted by atomic mass is 9.93. The van der Waals surface area contributed by atoms with Crippen LogP contribution in [0.2, 0.25) is 0 Å². The summed E-state index contributed by atoms with van der Waals surface area (Å²) in [5.74, 6) is -0.175. The van der Waals surface area contributed by atoms with Crippen LogP contribution in [0.15, 0.2) is 30.6 Å². The minimum atomic E-state index is -0.409. The number of carbonyl (C=O) groups is 1. The first-order valence-corrected chi connectivity index (χ1v) is 6.33. The molecule has 0 fully saturated rings. The molecule has 5 nitrogen and oxygen atoms in total. The predicted octanol–water partition coefficient (Wildman–Crippen LogP) is 1.38. The molecule has 0 unspecified atom stereocenters. The summed E-state index contributed by atoms with van der Waals surface area (Å²) in [6, 6.07) is 5.57. The van der Waals surface area contributed by atoms with Gasteiger partial charge in [0.2, 0.25) is 0 Å². The monoisotopic (exact) mass is 276 g/mol. The van der Waals surface area contributed by atoms with Gasteiger partial charge in [-0.05, 0) is 12.1 Å². The number of nitrogens with two attached hydrogens (primary N) is 1. The topological polar surface area (TPSA) is 72.4 Å². The third kappa shape index (κ3) is 2.73. The Bertz CT molecular complexity index is 632. The molecular formula is C13H16N4OS. The highest BCUT2D eigenvalue weighted by Gasteiger charge is 2.23. The Labute approximate surface area is 116 Å². The van der Waals surface area contributed by atoms with Gasteiger partial charge in [-0.2, -0.15) is 5.10 Å². The summed E-state index contributed by atoms with van der Waals surface area (Å²) in [6.07, 6.45) is 3.35. The fourth-order valence-electron chi connectivity index (χ4n) is 1.59.